The Kier molecular flexibility index (Phi) is 20.9. The minimum Gasteiger partial charge on any atom is -0.493 e. The normalized spacial score (nSPS) is 18.8. The predicted octanol–water partition coefficient (Wildman–Crippen LogP) is 6.64. The molecule has 26 heteroatoms. The number of halogens is 1. The highest BCUT2D eigenvalue weighted by Gasteiger charge is 2.51. The average molecular weight is 1240 g/mol. The number of hydrogen-bond donors (Lipinski definition) is 7. The van der Waals surface area contributed by atoms with Gasteiger partial charge in [-0.15, -0.1) is 11.6 Å². The summed E-state index contributed by atoms with van der Waals surface area (Å²) in [6.45, 7) is 1.47. The highest BCUT2D eigenvalue weighted by Crippen LogP contribution is 2.50. The van der Waals surface area contributed by atoms with E-state index >= 15 is 0 Å². The summed E-state index contributed by atoms with van der Waals surface area (Å²) in [7, 11) is -3.52. The summed E-state index contributed by atoms with van der Waals surface area (Å²) in [5.74, 6) is -2.43. The van der Waals surface area contributed by atoms with E-state index in [1.165, 1.54) is 47.3 Å². The van der Waals surface area contributed by atoms with Crippen LogP contribution in [-0.2, 0) is 44.7 Å². The zero-order chi connectivity index (χ0) is 62.0. The van der Waals surface area contributed by atoms with Gasteiger partial charge in [-0.3, -0.25) is 48.2 Å². The van der Waals surface area contributed by atoms with Gasteiger partial charge in [0.15, 0.2) is 17.7 Å². The maximum Gasteiger partial charge on any atom is 0.524 e. The Labute approximate surface area is 508 Å². The number of imide groups is 1. The van der Waals surface area contributed by atoms with Crippen LogP contribution in [0.2, 0.25) is 0 Å². The lowest BCUT2D eigenvalue weighted by Gasteiger charge is -2.39. The molecular weight excluding hydrogens is 1170 g/mol. The van der Waals surface area contributed by atoms with Crippen molar-refractivity contribution >= 4 is 94.7 Å². The van der Waals surface area contributed by atoms with Gasteiger partial charge in [0.2, 0.25) is 23.6 Å². The number of carbonyl (C=O) groups is 8. The Bertz CT molecular complexity index is 3320. The molecule has 0 spiro atoms. The molecule has 2 fully saturated rings. The van der Waals surface area contributed by atoms with Crippen molar-refractivity contribution in [2.24, 2.45) is 11.1 Å². The Balaban J connectivity index is 0.793. The van der Waals surface area contributed by atoms with Crippen molar-refractivity contribution in [3.63, 3.8) is 0 Å². The van der Waals surface area contributed by atoms with Crippen molar-refractivity contribution in [1.82, 2.24) is 20.4 Å². The van der Waals surface area contributed by atoms with E-state index in [2.05, 4.69) is 16.0 Å². The van der Waals surface area contributed by atoms with Gasteiger partial charge in [-0.1, -0.05) is 42.8 Å². The van der Waals surface area contributed by atoms with Gasteiger partial charge in [-0.05, 0) is 125 Å². The van der Waals surface area contributed by atoms with Crippen LogP contribution in [0.5, 0.6) is 17.2 Å². The lowest BCUT2D eigenvalue weighted by molar-refractivity contribution is -0.151. The van der Waals surface area contributed by atoms with E-state index in [9.17, 15) is 57.8 Å². The molecule has 1 aliphatic carbocycles. The van der Waals surface area contributed by atoms with Crippen molar-refractivity contribution in [2.75, 3.05) is 67.4 Å². The van der Waals surface area contributed by atoms with Crippen LogP contribution in [0, 0.1) is 5.41 Å². The fourth-order valence-electron chi connectivity index (χ4n) is 11.9. The Morgan fingerprint density at radius 2 is 1.56 bits per heavy atom. The Hall–Kier alpha value is -7.60. The zero-order valence-corrected chi connectivity index (χ0v) is 50.1. The first-order chi connectivity index (χ1) is 41.9. The van der Waals surface area contributed by atoms with Crippen LogP contribution in [0.25, 0.3) is 10.8 Å². The first kappa shape index (κ1) is 63.9. The van der Waals surface area contributed by atoms with Gasteiger partial charge in [-0.25, -0.2) is 14.3 Å². The number of nitrogens with one attached hydrogen (secondary N) is 3. The molecule has 4 atom stereocenters. The number of amides is 8. The molecule has 8 N–H and O–H groups in total. The molecule has 0 radical (unpaired) electrons. The van der Waals surface area contributed by atoms with E-state index in [0.29, 0.717) is 131 Å². The molecule has 87 heavy (non-hydrogen) atoms. The SMILES string of the molecule is COc1cc2c(cc1OCCCCCC(=O)N1C[C@@H](CCl)c3c1cc(OP(=O)(O)O)c1ccccc31)N(C(=O)OCc1ccc(NC(=O)[C@H](CCCCN)NC(=O)C3(C(=O)NCCCCCN4C(=O)C=CC4=O)CCC3)cc1)[C@@H](O)[C@@H]1CCCN1C2=O. The van der Waals surface area contributed by atoms with Gasteiger partial charge in [0.1, 0.15) is 23.8 Å². The van der Waals surface area contributed by atoms with E-state index in [0.717, 1.165) is 10.5 Å². The summed E-state index contributed by atoms with van der Waals surface area (Å²) in [5.41, 5.74) is 6.74. The van der Waals surface area contributed by atoms with Gasteiger partial charge >= 0.3 is 13.9 Å². The maximum atomic E-state index is 14.3. The van der Waals surface area contributed by atoms with Gasteiger partial charge in [0.05, 0.1) is 36.7 Å². The fourth-order valence-corrected chi connectivity index (χ4v) is 12.6. The predicted molar refractivity (Wildman–Crippen MR) is 321 cm³/mol. The number of alkyl halides is 1. The number of fused-ring (bicyclic) bond motifs is 5. The number of rotatable bonds is 28. The molecule has 5 aliphatic rings. The number of hydrogen-bond acceptors (Lipinski definition) is 15. The zero-order valence-electron chi connectivity index (χ0n) is 48.4. The second-order valence-corrected chi connectivity index (χ2v) is 23.9. The standard InChI is InChI=1S/C61H74ClN8O16P/c1-83-49-32-43-46(33-50(49)84-31-11-2-4-18-51(71)69-36-39(35-62)54-42-15-6-5-14-41(42)48(34-47(54)69)86-87(80,81)82)70(57(76)45-17-12-30-67(45)56(43)75)60(79)85-37-38-19-21-40(22-20-38)65-55(74)44(16-7-8-27-63)66-59(78)61(25-13-26-61)58(77)64-28-9-3-10-29-68-52(72)23-24-53(68)73/h5-6,14-15,19-24,32-34,39,44-45,57,76H,2-4,7-13,16-18,25-31,35-37,63H2,1H3,(H,64,77)(H,65,74)(H,66,78)(H2,80,81,82)/t39-,44+,45+,57+/m1/s1. The number of unbranched alkanes of at least 4 members (excludes halogenated alkanes) is 5. The van der Waals surface area contributed by atoms with Gasteiger partial charge in [0, 0.05) is 79.8 Å². The number of methoxy groups -OCH3 is 1. The molecule has 8 amide bonds. The third-order valence-electron chi connectivity index (χ3n) is 16.7. The summed E-state index contributed by atoms with van der Waals surface area (Å²) in [5, 5.41) is 21.6. The first-order valence-corrected chi connectivity index (χ1v) is 31.6. The van der Waals surface area contributed by atoms with Crippen LogP contribution in [0.15, 0.2) is 78.9 Å². The molecule has 0 aromatic heterocycles. The fraction of sp³-hybridized carbons (Fsp3) is 0.475. The van der Waals surface area contributed by atoms with E-state index in [-0.39, 0.29) is 97.2 Å². The quantitative estimate of drug-likeness (QED) is 0.0103. The van der Waals surface area contributed by atoms with Gasteiger partial charge < -0.3 is 55.3 Å². The van der Waals surface area contributed by atoms with Crippen LogP contribution < -0.4 is 45.5 Å². The second kappa shape index (κ2) is 28.5. The Morgan fingerprint density at radius 3 is 2.25 bits per heavy atom. The number of phosphoric ester groups is 1. The van der Waals surface area contributed by atoms with E-state index < -0.39 is 61.3 Å². The molecule has 9 rings (SSSR count). The molecule has 4 aromatic rings. The lowest BCUT2D eigenvalue weighted by Crippen LogP contribution is -2.58. The lowest BCUT2D eigenvalue weighted by atomic mass is 9.67. The van der Waals surface area contributed by atoms with Crippen LogP contribution in [-0.4, -0.2) is 143 Å². The van der Waals surface area contributed by atoms with E-state index in [4.69, 9.17) is 36.1 Å². The molecule has 0 unspecified atom stereocenters. The second-order valence-electron chi connectivity index (χ2n) is 22.4. The molecule has 466 valence electrons. The van der Waals surface area contributed by atoms with Crippen molar-refractivity contribution < 1.29 is 76.5 Å². The number of nitrogens with two attached hydrogens (primary N) is 1. The number of aliphatic hydroxyl groups excluding tert-OH is 1. The van der Waals surface area contributed by atoms with Crippen molar-refractivity contribution in [1.29, 1.82) is 0 Å². The largest absolute Gasteiger partial charge is 0.524 e. The monoisotopic (exact) mass is 1240 g/mol. The van der Waals surface area contributed by atoms with Crippen LogP contribution in [0.3, 0.4) is 0 Å². The van der Waals surface area contributed by atoms with Crippen molar-refractivity contribution in [3.8, 4) is 17.2 Å². The summed E-state index contributed by atoms with van der Waals surface area (Å²) in [6, 6.07) is 16.2. The molecule has 4 aromatic carbocycles. The van der Waals surface area contributed by atoms with Crippen LogP contribution in [0.4, 0.5) is 21.9 Å². The highest BCUT2D eigenvalue weighted by atomic mass is 35.5. The minimum absolute atomic E-state index is 0.0458. The number of carbonyl (C=O) groups excluding carboxylic acids is 8. The number of ether oxygens (including phenoxy) is 3. The molecule has 4 heterocycles. The van der Waals surface area contributed by atoms with Crippen molar-refractivity contribution in [2.45, 2.75) is 127 Å². The Morgan fingerprint density at radius 1 is 0.839 bits per heavy atom. The maximum absolute atomic E-state index is 14.3. The smallest absolute Gasteiger partial charge is 0.493 e. The highest BCUT2D eigenvalue weighted by molar-refractivity contribution is 7.46. The molecule has 4 aliphatic heterocycles. The molecule has 1 saturated carbocycles. The summed E-state index contributed by atoms with van der Waals surface area (Å²) < 4.78 is 34.7. The van der Waals surface area contributed by atoms with Crippen molar-refractivity contribution in [3.05, 3.63) is 95.6 Å². The van der Waals surface area contributed by atoms with E-state index in [1.54, 1.807) is 53.4 Å². The molecule has 24 nitrogen and oxygen atoms in total. The number of phosphoric acid groups is 1. The number of nitrogens with zero attached hydrogens (tertiary/aromatic N) is 4. The van der Waals surface area contributed by atoms with Gasteiger partial charge in [-0.2, -0.15) is 0 Å². The summed E-state index contributed by atoms with van der Waals surface area (Å²) in [4.78, 5) is 132. The first-order valence-electron chi connectivity index (χ1n) is 29.6. The summed E-state index contributed by atoms with van der Waals surface area (Å²) >= 11 is 6.41. The minimum atomic E-state index is -4.93. The third-order valence-corrected chi connectivity index (χ3v) is 17.5. The number of benzene rings is 4. The molecular formula is C61H74ClN8O16P. The van der Waals surface area contributed by atoms with Crippen LogP contribution >= 0.6 is 19.4 Å². The third kappa shape index (κ3) is 14.5. The molecule has 1 saturated heterocycles. The number of anilines is 3. The van der Waals surface area contributed by atoms with Gasteiger partial charge in [0.25, 0.3) is 17.7 Å². The van der Waals surface area contributed by atoms with E-state index in [1.807, 2.05) is 0 Å². The average Bonchev–Trinajstić information content (AvgIpc) is 1.77. The molecule has 0 bridgehead atoms. The topological polar surface area (TPSA) is 326 Å². The summed E-state index contributed by atoms with van der Waals surface area (Å²) in [6.07, 6.45) is 7.17. The van der Waals surface area contributed by atoms with Crippen LogP contribution in [0.1, 0.15) is 124 Å². The number of aliphatic hydroxyl groups is 1.